The Balaban J connectivity index is 2.48. The summed E-state index contributed by atoms with van der Waals surface area (Å²) in [7, 11) is 3.29. The monoisotopic (exact) mass is 278 g/mol. The van der Waals surface area contributed by atoms with Gasteiger partial charge in [-0.3, -0.25) is 0 Å². The molecule has 0 aliphatic heterocycles. The highest BCUT2D eigenvalue weighted by Gasteiger charge is 2.19. The molecule has 1 heterocycles. The first-order valence-corrected chi connectivity index (χ1v) is 6.75. The van der Waals surface area contributed by atoms with Crippen molar-refractivity contribution in [2.45, 2.75) is 19.4 Å². The van der Waals surface area contributed by atoms with Gasteiger partial charge in [0.2, 0.25) is 0 Å². The van der Waals surface area contributed by atoms with Crippen molar-refractivity contribution in [2.75, 3.05) is 14.2 Å². The molecule has 0 fully saturated rings. The van der Waals surface area contributed by atoms with Crippen molar-refractivity contribution in [3.63, 3.8) is 0 Å². The van der Waals surface area contributed by atoms with Crippen LogP contribution < -0.4 is 15.2 Å². The molecule has 5 heteroatoms. The highest BCUT2D eigenvalue weighted by Crippen LogP contribution is 2.37. The number of rotatable bonds is 4. The van der Waals surface area contributed by atoms with E-state index in [1.54, 1.807) is 25.6 Å². The number of nitrogens with zero attached hydrogens (tertiary/aromatic N) is 1. The molecule has 2 rings (SSSR count). The maximum Gasteiger partial charge on any atom is 0.129 e. The molecule has 0 spiro atoms. The molecule has 1 aromatic carbocycles. The number of nitrogens with two attached hydrogens (primary N) is 1. The first-order valence-electron chi connectivity index (χ1n) is 5.93. The summed E-state index contributed by atoms with van der Waals surface area (Å²) in [5.74, 6) is 1.55. The number of methoxy groups -OCH3 is 2. The Morgan fingerprint density at radius 3 is 2.47 bits per heavy atom. The standard InChI is InChI=1S/C14H18N2O2S/c1-14(2,15)12-8-16-13(19-12)10-7-9(17-3)5-6-11(10)18-4/h5-8H,15H2,1-4H3. The summed E-state index contributed by atoms with van der Waals surface area (Å²) in [4.78, 5) is 5.47. The Bertz CT molecular complexity index is 573. The number of aromatic nitrogens is 1. The molecule has 2 aromatic rings. The van der Waals surface area contributed by atoms with Gasteiger partial charge in [-0.25, -0.2) is 4.98 Å². The quantitative estimate of drug-likeness (QED) is 0.934. The minimum atomic E-state index is -0.387. The van der Waals surface area contributed by atoms with Crippen LogP contribution in [0.1, 0.15) is 18.7 Å². The normalized spacial score (nSPS) is 11.4. The molecule has 1 aromatic heterocycles. The fourth-order valence-electron chi connectivity index (χ4n) is 1.68. The number of benzene rings is 1. The molecule has 0 saturated heterocycles. The smallest absolute Gasteiger partial charge is 0.129 e. The maximum atomic E-state index is 6.09. The third kappa shape index (κ3) is 2.88. The van der Waals surface area contributed by atoms with Gasteiger partial charge in [-0.2, -0.15) is 0 Å². The second-order valence-corrected chi connectivity index (χ2v) is 5.85. The molecule has 0 aliphatic carbocycles. The van der Waals surface area contributed by atoms with Crippen LogP contribution in [0.25, 0.3) is 10.6 Å². The van der Waals surface area contributed by atoms with Crippen LogP contribution in [-0.4, -0.2) is 19.2 Å². The molecule has 0 atom stereocenters. The highest BCUT2D eigenvalue weighted by atomic mass is 32.1. The molecule has 0 amide bonds. The molecular formula is C14H18N2O2S. The van der Waals surface area contributed by atoms with E-state index in [4.69, 9.17) is 15.2 Å². The van der Waals surface area contributed by atoms with Gasteiger partial charge in [0, 0.05) is 16.6 Å². The Hall–Kier alpha value is -1.59. The maximum absolute atomic E-state index is 6.09. The fourth-order valence-corrected chi connectivity index (χ4v) is 2.63. The lowest BCUT2D eigenvalue weighted by Crippen LogP contribution is -2.27. The van der Waals surface area contributed by atoms with Crippen molar-refractivity contribution in [1.82, 2.24) is 4.98 Å². The van der Waals surface area contributed by atoms with Crippen molar-refractivity contribution in [2.24, 2.45) is 5.73 Å². The van der Waals surface area contributed by atoms with Crippen LogP contribution in [0, 0.1) is 0 Å². The van der Waals surface area contributed by atoms with Gasteiger partial charge in [-0.05, 0) is 32.0 Å². The lowest BCUT2D eigenvalue weighted by atomic mass is 10.1. The first-order chi connectivity index (χ1) is 8.95. The highest BCUT2D eigenvalue weighted by molar-refractivity contribution is 7.15. The van der Waals surface area contributed by atoms with Gasteiger partial charge < -0.3 is 15.2 Å². The average molecular weight is 278 g/mol. The van der Waals surface area contributed by atoms with E-state index in [0.717, 1.165) is 26.9 Å². The van der Waals surface area contributed by atoms with Crippen LogP contribution in [0.3, 0.4) is 0 Å². The molecule has 2 N–H and O–H groups in total. The van der Waals surface area contributed by atoms with Crippen LogP contribution in [0.15, 0.2) is 24.4 Å². The fraction of sp³-hybridized carbons (Fsp3) is 0.357. The minimum absolute atomic E-state index is 0.387. The zero-order chi connectivity index (χ0) is 14.0. The van der Waals surface area contributed by atoms with E-state index in [-0.39, 0.29) is 5.54 Å². The molecule has 19 heavy (non-hydrogen) atoms. The van der Waals surface area contributed by atoms with Crippen molar-refractivity contribution in [1.29, 1.82) is 0 Å². The van der Waals surface area contributed by atoms with E-state index in [0.29, 0.717) is 0 Å². The summed E-state index contributed by atoms with van der Waals surface area (Å²) >= 11 is 1.57. The van der Waals surface area contributed by atoms with Crippen LogP contribution >= 0.6 is 11.3 Å². The summed E-state index contributed by atoms with van der Waals surface area (Å²) in [6.45, 7) is 3.93. The van der Waals surface area contributed by atoms with E-state index in [1.165, 1.54) is 0 Å². The van der Waals surface area contributed by atoms with Gasteiger partial charge in [0.15, 0.2) is 0 Å². The summed E-state index contributed by atoms with van der Waals surface area (Å²) in [6, 6.07) is 5.66. The summed E-state index contributed by atoms with van der Waals surface area (Å²) < 4.78 is 10.6. The summed E-state index contributed by atoms with van der Waals surface area (Å²) in [5.41, 5.74) is 6.62. The minimum Gasteiger partial charge on any atom is -0.497 e. The summed E-state index contributed by atoms with van der Waals surface area (Å²) in [6.07, 6.45) is 1.82. The van der Waals surface area contributed by atoms with Gasteiger partial charge in [0.1, 0.15) is 16.5 Å². The Kier molecular flexibility index (Phi) is 3.78. The number of thiazole rings is 1. The van der Waals surface area contributed by atoms with Crippen molar-refractivity contribution >= 4 is 11.3 Å². The molecule has 4 nitrogen and oxygen atoms in total. The van der Waals surface area contributed by atoms with Gasteiger partial charge >= 0.3 is 0 Å². The predicted octanol–water partition coefficient (Wildman–Crippen LogP) is 3.02. The number of ether oxygens (including phenoxy) is 2. The van der Waals surface area contributed by atoms with Crippen LogP contribution in [0.2, 0.25) is 0 Å². The first kappa shape index (κ1) is 13.8. The predicted molar refractivity (Wildman–Crippen MR) is 77.9 cm³/mol. The van der Waals surface area contributed by atoms with Crippen molar-refractivity contribution in [3.8, 4) is 22.1 Å². The SMILES string of the molecule is COc1ccc(OC)c(-c2ncc(C(C)(C)N)s2)c1. The Labute approximate surface area is 117 Å². The lowest BCUT2D eigenvalue weighted by Gasteiger charge is -2.14. The van der Waals surface area contributed by atoms with Crippen LogP contribution in [0.4, 0.5) is 0 Å². The van der Waals surface area contributed by atoms with Gasteiger partial charge in [0.05, 0.1) is 19.8 Å². The van der Waals surface area contributed by atoms with E-state index in [2.05, 4.69) is 4.98 Å². The topological polar surface area (TPSA) is 57.4 Å². The molecule has 0 saturated carbocycles. The molecule has 0 radical (unpaired) electrons. The third-order valence-electron chi connectivity index (χ3n) is 2.78. The average Bonchev–Trinajstić information content (AvgIpc) is 2.87. The molecular weight excluding hydrogens is 260 g/mol. The van der Waals surface area contributed by atoms with E-state index >= 15 is 0 Å². The Morgan fingerprint density at radius 1 is 1.21 bits per heavy atom. The van der Waals surface area contributed by atoms with E-state index in [9.17, 15) is 0 Å². The Morgan fingerprint density at radius 2 is 1.95 bits per heavy atom. The zero-order valence-electron chi connectivity index (χ0n) is 11.6. The second-order valence-electron chi connectivity index (χ2n) is 4.82. The number of hydrogen-bond donors (Lipinski definition) is 1. The van der Waals surface area contributed by atoms with Gasteiger partial charge in [0.25, 0.3) is 0 Å². The van der Waals surface area contributed by atoms with Crippen LogP contribution in [0.5, 0.6) is 11.5 Å². The van der Waals surface area contributed by atoms with Gasteiger partial charge in [-0.15, -0.1) is 11.3 Å². The number of hydrogen-bond acceptors (Lipinski definition) is 5. The van der Waals surface area contributed by atoms with Gasteiger partial charge in [-0.1, -0.05) is 0 Å². The summed E-state index contributed by atoms with van der Waals surface area (Å²) in [5, 5.41) is 0.879. The van der Waals surface area contributed by atoms with Crippen LogP contribution in [-0.2, 0) is 5.54 Å². The molecule has 102 valence electrons. The zero-order valence-corrected chi connectivity index (χ0v) is 12.4. The molecule has 0 aliphatic rings. The molecule has 0 bridgehead atoms. The molecule has 0 unspecified atom stereocenters. The van der Waals surface area contributed by atoms with Crippen molar-refractivity contribution in [3.05, 3.63) is 29.3 Å². The largest absolute Gasteiger partial charge is 0.497 e. The van der Waals surface area contributed by atoms with Crippen molar-refractivity contribution < 1.29 is 9.47 Å². The van der Waals surface area contributed by atoms with E-state index in [1.807, 2.05) is 38.2 Å². The third-order valence-corrected chi connectivity index (χ3v) is 4.15. The van der Waals surface area contributed by atoms with E-state index < -0.39 is 0 Å². The second kappa shape index (κ2) is 5.19. The lowest BCUT2D eigenvalue weighted by molar-refractivity contribution is 0.404.